The minimum absolute atomic E-state index is 0.428. The predicted molar refractivity (Wildman–Crippen MR) is 91.1 cm³/mol. The summed E-state index contributed by atoms with van der Waals surface area (Å²) in [5.41, 5.74) is 2.09. The summed E-state index contributed by atoms with van der Waals surface area (Å²) in [6.07, 6.45) is 0. The van der Waals surface area contributed by atoms with Crippen molar-refractivity contribution in [1.82, 2.24) is 0 Å². The zero-order valence-electron chi connectivity index (χ0n) is 11.5. The molecule has 0 radical (unpaired) electrons. The van der Waals surface area contributed by atoms with Crippen LogP contribution in [0.3, 0.4) is 0 Å². The van der Waals surface area contributed by atoms with Crippen molar-refractivity contribution in [3.05, 3.63) is 62.5 Å². The standard InChI is InChI=1S/C16H17Br2NO/c1-11-8-13(17)15(14(18)9-11)19-10-16(2,20)12-6-4-3-5-7-12/h3-9,19-20H,10H2,1-2H3. The Morgan fingerprint density at radius 1 is 1.10 bits per heavy atom. The van der Waals surface area contributed by atoms with Crippen molar-refractivity contribution < 1.29 is 5.11 Å². The molecule has 1 atom stereocenters. The van der Waals surface area contributed by atoms with Crippen molar-refractivity contribution >= 4 is 37.5 Å². The van der Waals surface area contributed by atoms with Crippen molar-refractivity contribution in [2.45, 2.75) is 19.4 Å². The third-order valence-electron chi connectivity index (χ3n) is 3.19. The maximum atomic E-state index is 10.6. The van der Waals surface area contributed by atoms with E-state index < -0.39 is 5.60 Å². The Bertz CT molecular complexity index is 574. The number of aliphatic hydroxyl groups is 1. The van der Waals surface area contributed by atoms with Gasteiger partial charge in [-0.25, -0.2) is 0 Å². The molecule has 106 valence electrons. The Hall–Kier alpha value is -0.840. The molecule has 0 bridgehead atoms. The zero-order chi connectivity index (χ0) is 14.8. The SMILES string of the molecule is Cc1cc(Br)c(NCC(C)(O)c2ccccc2)c(Br)c1. The fourth-order valence-electron chi connectivity index (χ4n) is 2.03. The van der Waals surface area contributed by atoms with E-state index in [-0.39, 0.29) is 0 Å². The van der Waals surface area contributed by atoms with Crippen molar-refractivity contribution in [2.75, 3.05) is 11.9 Å². The van der Waals surface area contributed by atoms with E-state index in [0.717, 1.165) is 20.2 Å². The molecule has 0 spiro atoms. The lowest BCUT2D eigenvalue weighted by atomic mass is 9.96. The van der Waals surface area contributed by atoms with Crippen LogP contribution in [0, 0.1) is 6.92 Å². The number of aryl methyl sites for hydroxylation is 1. The van der Waals surface area contributed by atoms with Crippen LogP contribution < -0.4 is 5.32 Å². The number of benzene rings is 2. The summed E-state index contributed by atoms with van der Waals surface area (Å²) in [4.78, 5) is 0. The highest BCUT2D eigenvalue weighted by Crippen LogP contribution is 2.33. The van der Waals surface area contributed by atoms with Gasteiger partial charge in [-0.3, -0.25) is 0 Å². The van der Waals surface area contributed by atoms with Gasteiger partial charge in [-0.2, -0.15) is 0 Å². The average molecular weight is 399 g/mol. The lowest BCUT2D eigenvalue weighted by Gasteiger charge is -2.25. The molecule has 2 aromatic carbocycles. The fourth-order valence-corrected chi connectivity index (χ4v) is 3.72. The molecular formula is C16H17Br2NO. The van der Waals surface area contributed by atoms with E-state index in [1.165, 1.54) is 5.56 Å². The largest absolute Gasteiger partial charge is 0.384 e. The minimum Gasteiger partial charge on any atom is -0.384 e. The summed E-state index contributed by atoms with van der Waals surface area (Å²) in [5, 5.41) is 13.9. The molecule has 0 aliphatic carbocycles. The molecule has 0 fully saturated rings. The summed E-state index contributed by atoms with van der Waals surface area (Å²) in [6, 6.07) is 13.8. The van der Waals surface area contributed by atoms with E-state index in [1.54, 1.807) is 0 Å². The van der Waals surface area contributed by atoms with Gasteiger partial charge in [0, 0.05) is 15.5 Å². The predicted octanol–water partition coefficient (Wildman–Crippen LogP) is 4.84. The third kappa shape index (κ3) is 3.62. The molecule has 2 rings (SSSR count). The van der Waals surface area contributed by atoms with Crippen LogP contribution in [0.25, 0.3) is 0 Å². The average Bonchev–Trinajstić information content (AvgIpc) is 2.38. The second kappa shape index (κ2) is 6.29. The van der Waals surface area contributed by atoms with Crippen LogP contribution in [-0.4, -0.2) is 11.7 Å². The van der Waals surface area contributed by atoms with Gasteiger partial charge in [0.05, 0.1) is 5.69 Å². The van der Waals surface area contributed by atoms with E-state index in [9.17, 15) is 5.11 Å². The number of nitrogens with one attached hydrogen (secondary N) is 1. The second-order valence-corrected chi connectivity index (χ2v) is 6.81. The molecular weight excluding hydrogens is 382 g/mol. The number of hydrogen-bond acceptors (Lipinski definition) is 2. The summed E-state index contributed by atoms with van der Waals surface area (Å²) in [6.45, 7) is 4.28. The van der Waals surface area contributed by atoms with E-state index in [2.05, 4.69) is 37.2 Å². The summed E-state index contributed by atoms with van der Waals surface area (Å²) >= 11 is 7.10. The number of anilines is 1. The zero-order valence-corrected chi connectivity index (χ0v) is 14.6. The minimum atomic E-state index is -0.926. The van der Waals surface area contributed by atoms with Crippen LogP contribution >= 0.6 is 31.9 Å². The Morgan fingerprint density at radius 2 is 1.65 bits per heavy atom. The highest BCUT2D eigenvalue weighted by atomic mass is 79.9. The maximum absolute atomic E-state index is 10.6. The smallest absolute Gasteiger partial charge is 0.104 e. The first-order valence-electron chi connectivity index (χ1n) is 6.37. The van der Waals surface area contributed by atoms with Gasteiger partial charge in [-0.05, 0) is 69.0 Å². The molecule has 2 nitrogen and oxygen atoms in total. The molecule has 4 heteroatoms. The molecule has 2 aromatic rings. The first-order valence-corrected chi connectivity index (χ1v) is 7.96. The van der Waals surface area contributed by atoms with Gasteiger partial charge in [0.25, 0.3) is 0 Å². The van der Waals surface area contributed by atoms with Crippen molar-refractivity contribution in [3.63, 3.8) is 0 Å². The highest BCUT2D eigenvalue weighted by Gasteiger charge is 2.23. The van der Waals surface area contributed by atoms with Gasteiger partial charge in [-0.1, -0.05) is 30.3 Å². The van der Waals surface area contributed by atoms with E-state index in [0.29, 0.717) is 6.54 Å². The Labute approximate surface area is 136 Å². The van der Waals surface area contributed by atoms with Gasteiger partial charge in [0.2, 0.25) is 0 Å². The van der Waals surface area contributed by atoms with Crippen LogP contribution in [0.5, 0.6) is 0 Å². The molecule has 1 unspecified atom stereocenters. The van der Waals surface area contributed by atoms with Crippen molar-refractivity contribution in [3.8, 4) is 0 Å². The quantitative estimate of drug-likeness (QED) is 0.772. The highest BCUT2D eigenvalue weighted by molar-refractivity contribution is 9.11. The summed E-state index contributed by atoms with van der Waals surface area (Å²) < 4.78 is 1.96. The van der Waals surface area contributed by atoms with Gasteiger partial charge in [0.15, 0.2) is 0 Å². The molecule has 0 saturated heterocycles. The molecule has 0 aliphatic heterocycles. The van der Waals surface area contributed by atoms with Gasteiger partial charge in [0.1, 0.15) is 5.60 Å². The van der Waals surface area contributed by atoms with E-state index >= 15 is 0 Å². The Morgan fingerprint density at radius 3 is 2.20 bits per heavy atom. The van der Waals surface area contributed by atoms with Crippen LogP contribution in [0.1, 0.15) is 18.1 Å². The monoisotopic (exact) mass is 397 g/mol. The van der Waals surface area contributed by atoms with Crippen molar-refractivity contribution in [2.24, 2.45) is 0 Å². The molecule has 0 heterocycles. The normalized spacial score (nSPS) is 13.8. The van der Waals surface area contributed by atoms with Gasteiger partial charge in [-0.15, -0.1) is 0 Å². The van der Waals surface area contributed by atoms with E-state index in [4.69, 9.17) is 0 Å². The number of hydrogen-bond donors (Lipinski definition) is 2. The Kier molecular flexibility index (Phi) is 4.89. The third-order valence-corrected chi connectivity index (χ3v) is 4.44. The number of rotatable bonds is 4. The number of halogens is 2. The molecule has 0 amide bonds. The van der Waals surface area contributed by atoms with Crippen LogP contribution in [0.15, 0.2) is 51.4 Å². The molecule has 2 N–H and O–H groups in total. The molecule has 0 aromatic heterocycles. The van der Waals surface area contributed by atoms with Crippen molar-refractivity contribution in [1.29, 1.82) is 0 Å². The van der Waals surface area contributed by atoms with Crippen LogP contribution in [-0.2, 0) is 5.60 Å². The van der Waals surface area contributed by atoms with Gasteiger partial charge >= 0.3 is 0 Å². The topological polar surface area (TPSA) is 32.3 Å². The summed E-state index contributed by atoms with van der Waals surface area (Å²) in [5.74, 6) is 0. The lowest BCUT2D eigenvalue weighted by Crippen LogP contribution is -2.30. The van der Waals surface area contributed by atoms with Gasteiger partial charge < -0.3 is 10.4 Å². The molecule has 20 heavy (non-hydrogen) atoms. The van der Waals surface area contributed by atoms with Crippen LogP contribution in [0.4, 0.5) is 5.69 Å². The summed E-state index contributed by atoms with van der Waals surface area (Å²) in [7, 11) is 0. The van der Waals surface area contributed by atoms with Crippen LogP contribution in [0.2, 0.25) is 0 Å². The lowest BCUT2D eigenvalue weighted by molar-refractivity contribution is 0.0715. The second-order valence-electron chi connectivity index (χ2n) is 5.10. The first-order chi connectivity index (χ1) is 9.40. The molecule has 0 saturated carbocycles. The first kappa shape index (κ1) is 15.5. The maximum Gasteiger partial charge on any atom is 0.104 e. The Balaban J connectivity index is 2.17. The fraction of sp³-hybridized carbons (Fsp3) is 0.250. The molecule has 0 aliphatic rings. The van der Waals surface area contributed by atoms with E-state index in [1.807, 2.05) is 56.3 Å².